The normalized spacial score (nSPS) is 12.2. The van der Waals surface area contributed by atoms with Crippen LogP contribution >= 0.6 is 0 Å². The van der Waals surface area contributed by atoms with Gasteiger partial charge >= 0.3 is 11.9 Å². The summed E-state index contributed by atoms with van der Waals surface area (Å²) in [7, 11) is 0. The molecule has 0 aromatic carbocycles. The van der Waals surface area contributed by atoms with Crippen molar-refractivity contribution in [3.05, 3.63) is 12.2 Å². The molecule has 1 aliphatic heterocycles. The maximum Gasteiger partial charge on any atom is 0.338 e. The lowest BCUT2D eigenvalue weighted by Crippen LogP contribution is -2.00. The molecule has 118 valence electrons. The molecule has 0 aromatic rings. The number of cyclic esters (lactones) is 2. The third-order valence-corrected chi connectivity index (χ3v) is 1.55. The highest BCUT2D eigenvalue weighted by Crippen LogP contribution is 1.92. The van der Waals surface area contributed by atoms with E-state index in [1.54, 1.807) is 0 Å². The maximum atomic E-state index is 9.92. The van der Waals surface area contributed by atoms with E-state index in [1.807, 2.05) is 0 Å². The van der Waals surface area contributed by atoms with Gasteiger partial charge in [-0.25, -0.2) is 9.59 Å². The van der Waals surface area contributed by atoms with Crippen molar-refractivity contribution in [2.75, 3.05) is 39.6 Å². The van der Waals surface area contributed by atoms with Crippen LogP contribution in [0.4, 0.5) is 0 Å². The number of ether oxygens (including phenoxy) is 2. The maximum absolute atomic E-state index is 9.92. The second-order valence-electron chi connectivity index (χ2n) is 3.29. The Hall–Kier alpha value is -1.32. The average Bonchev–Trinajstić information content (AvgIpc) is 2.83. The zero-order chi connectivity index (χ0) is 15.6. The van der Waals surface area contributed by atoms with Crippen LogP contribution in [0.5, 0.6) is 0 Å². The van der Waals surface area contributed by atoms with E-state index in [1.165, 1.54) is 0 Å². The Kier molecular flexibility index (Phi) is 18.6. The van der Waals surface area contributed by atoms with Gasteiger partial charge in [0.1, 0.15) is 0 Å². The monoisotopic (exact) mass is 294 g/mol. The first-order chi connectivity index (χ1) is 9.62. The van der Waals surface area contributed by atoms with E-state index in [0.29, 0.717) is 26.1 Å². The molecule has 0 spiro atoms. The fraction of sp³-hybridized carbons (Fsp3) is 0.667. The van der Waals surface area contributed by atoms with Gasteiger partial charge in [-0.3, -0.25) is 0 Å². The average molecular weight is 294 g/mol. The van der Waals surface area contributed by atoms with Crippen molar-refractivity contribution in [3.63, 3.8) is 0 Å². The van der Waals surface area contributed by atoms with Gasteiger partial charge in [0.05, 0.1) is 13.2 Å². The lowest BCUT2D eigenvalue weighted by atomic mass is 10.5. The Morgan fingerprint density at radius 2 is 1.20 bits per heavy atom. The first-order valence-corrected chi connectivity index (χ1v) is 6.07. The van der Waals surface area contributed by atoms with E-state index in [9.17, 15) is 9.59 Å². The molecule has 1 aliphatic rings. The van der Waals surface area contributed by atoms with Gasteiger partial charge in [0.25, 0.3) is 0 Å². The van der Waals surface area contributed by atoms with E-state index >= 15 is 0 Å². The second-order valence-corrected chi connectivity index (χ2v) is 3.29. The highest BCUT2D eigenvalue weighted by Gasteiger charge is 2.10. The molecule has 20 heavy (non-hydrogen) atoms. The predicted octanol–water partition coefficient (Wildman–Crippen LogP) is -1.64. The van der Waals surface area contributed by atoms with E-state index in [2.05, 4.69) is 4.74 Å². The van der Waals surface area contributed by atoms with Gasteiger partial charge in [0, 0.05) is 38.6 Å². The number of rotatable bonds is 7. The Balaban J connectivity index is 0. The molecular weight excluding hydrogens is 272 g/mol. The van der Waals surface area contributed by atoms with Crippen LogP contribution in [0.2, 0.25) is 0 Å². The summed E-state index contributed by atoms with van der Waals surface area (Å²) in [5.41, 5.74) is 0. The lowest BCUT2D eigenvalue weighted by Gasteiger charge is -1.99. The van der Waals surface area contributed by atoms with Gasteiger partial charge in [-0.2, -0.15) is 0 Å². The van der Waals surface area contributed by atoms with Gasteiger partial charge in [-0.15, -0.1) is 0 Å². The van der Waals surface area contributed by atoms with E-state index in [4.69, 9.17) is 25.2 Å². The van der Waals surface area contributed by atoms with Crippen LogP contribution in [0.15, 0.2) is 12.2 Å². The molecule has 8 heteroatoms. The van der Waals surface area contributed by atoms with Crippen molar-refractivity contribution in [2.24, 2.45) is 0 Å². The summed E-state index contributed by atoms with van der Waals surface area (Å²) in [5.74, 6) is -1.16. The number of carbonyl (C=O) groups excluding carboxylic acids is 2. The first-order valence-electron chi connectivity index (χ1n) is 6.07. The summed E-state index contributed by atoms with van der Waals surface area (Å²) in [4.78, 5) is 19.8. The van der Waals surface area contributed by atoms with Crippen LogP contribution in [0.25, 0.3) is 0 Å². The molecule has 0 radical (unpaired) electrons. The molecule has 0 aliphatic carbocycles. The van der Waals surface area contributed by atoms with Crippen LogP contribution in [0.3, 0.4) is 0 Å². The molecule has 4 N–H and O–H groups in total. The van der Waals surface area contributed by atoms with Crippen LogP contribution in [-0.4, -0.2) is 72.0 Å². The molecule has 0 bridgehead atoms. The molecule has 1 rings (SSSR count). The lowest BCUT2D eigenvalue weighted by molar-refractivity contribution is -0.150. The minimum absolute atomic E-state index is 0.125. The highest BCUT2D eigenvalue weighted by molar-refractivity contribution is 6.04. The number of esters is 2. The first kappa shape index (κ1) is 21.0. The largest absolute Gasteiger partial charge is 0.396 e. The summed E-state index contributed by atoms with van der Waals surface area (Å²) in [6, 6.07) is 0. The summed E-state index contributed by atoms with van der Waals surface area (Å²) in [6.45, 7) is 1.30. The SMILES string of the molecule is O=C1C=CC(=O)O1.OCCCOCCCO.OCCO. The van der Waals surface area contributed by atoms with Crippen LogP contribution in [-0.2, 0) is 19.1 Å². The van der Waals surface area contributed by atoms with Crippen LogP contribution in [0, 0.1) is 0 Å². The van der Waals surface area contributed by atoms with Crippen molar-refractivity contribution in [2.45, 2.75) is 12.8 Å². The van der Waals surface area contributed by atoms with Crippen molar-refractivity contribution in [1.29, 1.82) is 0 Å². The molecule has 0 aromatic heterocycles. The number of carbonyl (C=O) groups is 2. The second kappa shape index (κ2) is 17.7. The Bertz CT molecular complexity index is 240. The molecule has 0 unspecified atom stereocenters. The fourth-order valence-electron chi connectivity index (χ4n) is 0.739. The van der Waals surface area contributed by atoms with Gasteiger partial charge in [-0.1, -0.05) is 0 Å². The summed E-state index contributed by atoms with van der Waals surface area (Å²) < 4.78 is 8.97. The number of aliphatic hydroxyl groups excluding tert-OH is 4. The summed E-state index contributed by atoms with van der Waals surface area (Å²) in [5, 5.41) is 31.8. The number of hydrogen-bond acceptors (Lipinski definition) is 8. The third-order valence-electron chi connectivity index (χ3n) is 1.55. The van der Waals surface area contributed by atoms with Crippen molar-refractivity contribution < 1.29 is 39.5 Å². The molecular formula is C12H22O8. The van der Waals surface area contributed by atoms with Crippen molar-refractivity contribution >= 4 is 11.9 Å². The van der Waals surface area contributed by atoms with Gasteiger partial charge in [0.2, 0.25) is 0 Å². The number of hydrogen-bond donors (Lipinski definition) is 4. The quantitative estimate of drug-likeness (QED) is 0.250. The summed E-state index contributed by atoms with van der Waals surface area (Å²) in [6.07, 6.45) is 3.54. The number of aliphatic hydroxyl groups is 4. The zero-order valence-electron chi connectivity index (χ0n) is 11.2. The van der Waals surface area contributed by atoms with Crippen molar-refractivity contribution in [1.82, 2.24) is 0 Å². The highest BCUT2D eigenvalue weighted by atomic mass is 16.6. The molecule has 1 heterocycles. The van der Waals surface area contributed by atoms with Crippen LogP contribution in [0.1, 0.15) is 12.8 Å². The molecule has 8 nitrogen and oxygen atoms in total. The zero-order valence-corrected chi connectivity index (χ0v) is 11.2. The molecule has 0 saturated carbocycles. The Morgan fingerprint density at radius 3 is 1.40 bits per heavy atom. The molecule has 0 saturated heterocycles. The van der Waals surface area contributed by atoms with Crippen molar-refractivity contribution in [3.8, 4) is 0 Å². The fourth-order valence-corrected chi connectivity index (χ4v) is 0.739. The standard InChI is InChI=1S/C6H14O3.C4H2O3.C2H6O2/c7-3-1-5-9-6-2-4-8;5-3-1-2-4(6)7-3;3-1-2-4/h7-8H,1-6H2;1-2H;3-4H,1-2H2. The van der Waals surface area contributed by atoms with E-state index in [-0.39, 0.29) is 26.4 Å². The molecule has 0 atom stereocenters. The van der Waals surface area contributed by atoms with Gasteiger partial charge < -0.3 is 29.9 Å². The minimum Gasteiger partial charge on any atom is -0.396 e. The Morgan fingerprint density at radius 1 is 0.800 bits per heavy atom. The van der Waals surface area contributed by atoms with E-state index < -0.39 is 11.9 Å². The topological polar surface area (TPSA) is 134 Å². The third kappa shape index (κ3) is 19.0. The van der Waals surface area contributed by atoms with Gasteiger partial charge in [-0.05, 0) is 12.8 Å². The van der Waals surface area contributed by atoms with E-state index in [0.717, 1.165) is 12.2 Å². The smallest absolute Gasteiger partial charge is 0.338 e. The molecule has 0 amide bonds. The predicted molar refractivity (Wildman–Crippen MR) is 68.6 cm³/mol. The Labute approximate surface area is 117 Å². The minimum atomic E-state index is -0.579. The summed E-state index contributed by atoms with van der Waals surface area (Å²) >= 11 is 0. The van der Waals surface area contributed by atoms with Gasteiger partial charge in [0.15, 0.2) is 0 Å². The van der Waals surface area contributed by atoms with Crippen LogP contribution < -0.4 is 0 Å². The molecule has 0 fully saturated rings.